The highest BCUT2D eigenvalue weighted by Crippen LogP contribution is 2.34. The number of nitrogens with zero attached hydrogens (tertiary/aromatic N) is 2. The number of carbonyl (C=O) groups is 1. The minimum absolute atomic E-state index is 0.227. The molecule has 0 spiro atoms. The summed E-state index contributed by atoms with van der Waals surface area (Å²) in [5, 5.41) is 54.2. The van der Waals surface area contributed by atoms with Gasteiger partial charge < -0.3 is 35.0 Å². The van der Waals surface area contributed by atoms with Gasteiger partial charge >= 0.3 is 5.97 Å². The molecule has 3 rings (SSSR count). The summed E-state index contributed by atoms with van der Waals surface area (Å²) in [5.74, 6) is -1.51. The van der Waals surface area contributed by atoms with Gasteiger partial charge in [0.15, 0.2) is 0 Å². The van der Waals surface area contributed by atoms with Gasteiger partial charge in [0, 0.05) is 17.0 Å². The van der Waals surface area contributed by atoms with E-state index in [0.29, 0.717) is 12.2 Å². The lowest BCUT2D eigenvalue weighted by atomic mass is 9.91. The van der Waals surface area contributed by atoms with Gasteiger partial charge in [-0.15, -0.1) is 0 Å². The van der Waals surface area contributed by atoms with Crippen LogP contribution in [-0.2, 0) is 9.53 Å². The SMILES string of the molecule is CC(C)CN[C@H]1[C@H]([C@H](O)[C@H](O)CO)OC(C(=O)O)=C[C@@H]1n1cc2ccccc2c1C#N. The number of aromatic nitrogens is 1. The van der Waals surface area contributed by atoms with E-state index in [-0.39, 0.29) is 5.92 Å². The van der Waals surface area contributed by atoms with E-state index in [2.05, 4.69) is 11.4 Å². The molecule has 1 aromatic carbocycles. The molecule has 1 aliphatic rings. The Hall–Kier alpha value is -2.90. The fourth-order valence-corrected chi connectivity index (χ4v) is 3.84. The van der Waals surface area contributed by atoms with Crippen molar-refractivity contribution in [2.75, 3.05) is 13.2 Å². The van der Waals surface area contributed by atoms with Crippen molar-refractivity contribution in [1.82, 2.24) is 9.88 Å². The van der Waals surface area contributed by atoms with E-state index in [9.17, 15) is 30.5 Å². The number of aliphatic hydroxyl groups excluding tert-OH is 3. The highest BCUT2D eigenvalue weighted by Gasteiger charge is 2.44. The molecule has 1 aromatic heterocycles. The van der Waals surface area contributed by atoms with Crippen LogP contribution in [0.2, 0.25) is 0 Å². The summed E-state index contributed by atoms with van der Waals surface area (Å²) in [6.45, 7) is 3.78. The van der Waals surface area contributed by atoms with E-state index in [1.165, 1.54) is 6.08 Å². The molecular weight excluding hydrogens is 402 g/mol. The van der Waals surface area contributed by atoms with Crippen LogP contribution in [0.15, 0.2) is 42.3 Å². The zero-order chi connectivity index (χ0) is 22.7. The first kappa shape index (κ1) is 22.8. The second kappa shape index (κ2) is 9.49. The van der Waals surface area contributed by atoms with E-state index in [1.807, 2.05) is 38.1 Å². The number of carboxylic acids is 1. The van der Waals surface area contributed by atoms with Gasteiger partial charge in [-0.1, -0.05) is 38.1 Å². The summed E-state index contributed by atoms with van der Waals surface area (Å²) in [7, 11) is 0. The normalized spacial score (nSPS) is 23.1. The maximum atomic E-state index is 11.8. The molecule has 166 valence electrons. The Kier molecular flexibility index (Phi) is 6.97. The number of aliphatic hydroxyl groups is 3. The third-order valence-electron chi connectivity index (χ3n) is 5.38. The van der Waals surface area contributed by atoms with Gasteiger partial charge in [0.25, 0.3) is 0 Å². The molecule has 5 N–H and O–H groups in total. The minimum Gasteiger partial charge on any atom is -0.479 e. The van der Waals surface area contributed by atoms with Crippen molar-refractivity contribution in [1.29, 1.82) is 5.26 Å². The maximum Gasteiger partial charge on any atom is 0.370 e. The maximum absolute atomic E-state index is 11.8. The largest absolute Gasteiger partial charge is 0.479 e. The number of aliphatic carboxylic acids is 1. The van der Waals surface area contributed by atoms with Crippen molar-refractivity contribution in [3.05, 3.63) is 48.0 Å². The van der Waals surface area contributed by atoms with Crippen molar-refractivity contribution in [3.8, 4) is 6.07 Å². The molecule has 0 unspecified atom stereocenters. The molecule has 2 aromatic rings. The zero-order valence-electron chi connectivity index (χ0n) is 17.3. The van der Waals surface area contributed by atoms with Crippen LogP contribution in [0.5, 0.6) is 0 Å². The molecule has 0 saturated heterocycles. The third-order valence-corrected chi connectivity index (χ3v) is 5.38. The first-order valence-corrected chi connectivity index (χ1v) is 10.1. The van der Waals surface area contributed by atoms with Gasteiger partial charge in [-0.2, -0.15) is 5.26 Å². The fraction of sp³-hybridized carbons (Fsp3) is 0.455. The average Bonchev–Trinajstić information content (AvgIpc) is 3.14. The topological polar surface area (TPSA) is 148 Å². The van der Waals surface area contributed by atoms with Gasteiger partial charge in [-0.05, 0) is 18.5 Å². The lowest BCUT2D eigenvalue weighted by molar-refractivity contribution is -0.146. The number of nitrogens with one attached hydrogen (secondary N) is 1. The fourth-order valence-electron chi connectivity index (χ4n) is 3.84. The number of carboxylic acid groups (broad SMARTS) is 1. The predicted octanol–water partition coefficient (Wildman–Crippen LogP) is 0.750. The van der Waals surface area contributed by atoms with Gasteiger partial charge in [0.2, 0.25) is 5.76 Å². The van der Waals surface area contributed by atoms with Crippen molar-refractivity contribution in [2.24, 2.45) is 5.92 Å². The second-order valence-corrected chi connectivity index (χ2v) is 8.06. The molecule has 9 nitrogen and oxygen atoms in total. The first-order chi connectivity index (χ1) is 14.8. The van der Waals surface area contributed by atoms with Crippen LogP contribution < -0.4 is 5.32 Å². The molecule has 2 heterocycles. The smallest absolute Gasteiger partial charge is 0.370 e. The Bertz CT molecular complexity index is 1010. The van der Waals surface area contributed by atoms with Gasteiger partial charge in [-0.3, -0.25) is 0 Å². The molecule has 0 amide bonds. The van der Waals surface area contributed by atoms with Gasteiger partial charge in [0.05, 0.1) is 18.7 Å². The highest BCUT2D eigenvalue weighted by atomic mass is 16.5. The number of fused-ring (bicyclic) bond motifs is 1. The minimum atomic E-state index is -1.56. The predicted molar refractivity (Wildman–Crippen MR) is 112 cm³/mol. The summed E-state index contributed by atoms with van der Waals surface area (Å²) < 4.78 is 7.22. The first-order valence-electron chi connectivity index (χ1n) is 10.1. The molecule has 0 bridgehead atoms. The summed E-state index contributed by atoms with van der Waals surface area (Å²) in [4.78, 5) is 11.8. The molecule has 9 heteroatoms. The highest BCUT2D eigenvalue weighted by molar-refractivity contribution is 5.88. The van der Waals surface area contributed by atoms with E-state index >= 15 is 0 Å². The van der Waals surface area contributed by atoms with E-state index in [0.717, 1.165) is 10.8 Å². The number of benzene rings is 1. The molecule has 0 fully saturated rings. The number of ether oxygens (including phenoxy) is 1. The zero-order valence-corrected chi connectivity index (χ0v) is 17.3. The van der Waals surface area contributed by atoms with Gasteiger partial charge in [-0.25, -0.2) is 4.79 Å². The average molecular weight is 429 g/mol. The Morgan fingerprint density at radius 1 is 1.32 bits per heavy atom. The molecule has 31 heavy (non-hydrogen) atoms. The Balaban J connectivity index is 2.16. The second-order valence-electron chi connectivity index (χ2n) is 8.06. The standard InChI is InChI=1S/C22H27N3O6/c1-12(2)9-24-19-15(25-10-13-5-3-4-6-14(13)16(25)8-23)7-18(22(29)30)31-21(19)20(28)17(27)11-26/h3-7,10,12,15,17,19-21,24,26-28H,9,11H2,1-2H3,(H,29,30)/t15-,17+,19+,20+,21+/m0/s1. The van der Waals surface area contributed by atoms with Crippen molar-refractivity contribution in [2.45, 2.75) is 44.2 Å². The summed E-state index contributed by atoms with van der Waals surface area (Å²) in [6.07, 6.45) is -1.11. The molecule has 1 aliphatic heterocycles. The molecule has 5 atom stereocenters. The summed E-state index contributed by atoms with van der Waals surface area (Å²) in [5.41, 5.74) is 0.343. The van der Waals surface area contributed by atoms with Gasteiger partial charge in [0.1, 0.15) is 30.1 Å². The quantitative estimate of drug-likeness (QED) is 0.413. The molecule has 0 radical (unpaired) electrons. The van der Waals surface area contributed by atoms with Crippen molar-refractivity contribution in [3.63, 3.8) is 0 Å². The lowest BCUT2D eigenvalue weighted by Gasteiger charge is -2.41. The summed E-state index contributed by atoms with van der Waals surface area (Å²) >= 11 is 0. The molecular formula is C22H27N3O6. The van der Waals surface area contributed by atoms with Crippen LogP contribution in [0.4, 0.5) is 0 Å². The summed E-state index contributed by atoms with van der Waals surface area (Å²) in [6, 6.07) is 8.12. The van der Waals surface area contributed by atoms with E-state index in [4.69, 9.17) is 4.74 Å². The number of hydrogen-bond acceptors (Lipinski definition) is 7. The van der Waals surface area contributed by atoms with Crippen LogP contribution in [0, 0.1) is 17.2 Å². The van der Waals surface area contributed by atoms with E-state index in [1.54, 1.807) is 10.8 Å². The van der Waals surface area contributed by atoms with Crippen molar-refractivity contribution < 1.29 is 30.0 Å². The van der Waals surface area contributed by atoms with Crippen LogP contribution in [0.3, 0.4) is 0 Å². The Morgan fingerprint density at radius 2 is 2.03 bits per heavy atom. The number of nitriles is 1. The Labute approximate surface area is 179 Å². The molecule has 0 saturated carbocycles. The lowest BCUT2D eigenvalue weighted by Crippen LogP contribution is -2.58. The van der Waals surface area contributed by atoms with E-state index < -0.39 is 48.7 Å². The van der Waals surface area contributed by atoms with Crippen LogP contribution >= 0.6 is 0 Å². The number of hydrogen-bond donors (Lipinski definition) is 5. The van der Waals surface area contributed by atoms with Crippen LogP contribution in [-0.4, -0.2) is 68.5 Å². The molecule has 0 aliphatic carbocycles. The number of rotatable bonds is 8. The van der Waals surface area contributed by atoms with Crippen LogP contribution in [0.1, 0.15) is 25.6 Å². The Morgan fingerprint density at radius 3 is 2.65 bits per heavy atom. The van der Waals surface area contributed by atoms with Crippen LogP contribution in [0.25, 0.3) is 10.8 Å². The third kappa shape index (κ3) is 4.57. The monoisotopic (exact) mass is 429 g/mol. The van der Waals surface area contributed by atoms with Crippen molar-refractivity contribution >= 4 is 16.7 Å².